The average Bonchev–Trinajstić information content (AvgIpc) is 2.39. The molecule has 96 valence electrons. The number of hydrogen-bond acceptors (Lipinski definition) is 1. The molecule has 0 aromatic heterocycles. The van der Waals surface area contributed by atoms with Gasteiger partial charge >= 0.3 is 0 Å². The van der Waals surface area contributed by atoms with Crippen LogP contribution in [0.3, 0.4) is 0 Å². The van der Waals surface area contributed by atoms with Gasteiger partial charge in [-0.1, -0.05) is 49.4 Å². The van der Waals surface area contributed by atoms with Crippen LogP contribution in [-0.2, 0) is 4.74 Å². The van der Waals surface area contributed by atoms with Crippen LogP contribution in [-0.4, -0.2) is 6.10 Å². The van der Waals surface area contributed by atoms with Crippen molar-refractivity contribution in [3.63, 3.8) is 0 Å². The summed E-state index contributed by atoms with van der Waals surface area (Å²) in [6.45, 7) is 6.66. The molecular weight excluding hydrogens is 220 g/mol. The highest BCUT2D eigenvalue weighted by atomic mass is 16.5. The highest BCUT2D eigenvalue weighted by Crippen LogP contribution is 2.44. The second kappa shape index (κ2) is 4.89. The van der Waals surface area contributed by atoms with E-state index in [1.54, 1.807) is 0 Å². The summed E-state index contributed by atoms with van der Waals surface area (Å²) in [5.74, 6) is 1.41. The van der Waals surface area contributed by atoms with E-state index >= 15 is 0 Å². The van der Waals surface area contributed by atoms with Crippen molar-refractivity contribution in [2.45, 2.75) is 44.8 Å². The van der Waals surface area contributed by atoms with Crippen molar-refractivity contribution < 1.29 is 4.74 Å². The van der Waals surface area contributed by atoms with Crippen LogP contribution >= 0.6 is 0 Å². The molecule has 3 rings (SSSR count). The first-order valence-electron chi connectivity index (χ1n) is 7.12. The Morgan fingerprint density at radius 1 is 1.17 bits per heavy atom. The summed E-state index contributed by atoms with van der Waals surface area (Å²) in [7, 11) is 0. The van der Waals surface area contributed by atoms with Crippen molar-refractivity contribution in [2.24, 2.45) is 11.8 Å². The monoisotopic (exact) mass is 242 g/mol. The smallest absolute Gasteiger partial charge is 0.0866 e. The molecule has 1 saturated carbocycles. The Hall–Kier alpha value is -1.08. The lowest BCUT2D eigenvalue weighted by molar-refractivity contribution is -0.0857. The van der Waals surface area contributed by atoms with E-state index in [2.05, 4.69) is 43.8 Å². The highest BCUT2D eigenvalue weighted by Gasteiger charge is 2.37. The SMILES string of the molecule is C=C1C[C@H](c2ccccc2)O[C@@H]2C[C@H](C)CC[C@@H]12. The molecule has 1 nitrogen and oxygen atoms in total. The van der Waals surface area contributed by atoms with E-state index in [4.69, 9.17) is 4.74 Å². The van der Waals surface area contributed by atoms with Gasteiger partial charge in [0.05, 0.1) is 12.2 Å². The molecular formula is C17H22O. The summed E-state index contributed by atoms with van der Waals surface area (Å²) in [6.07, 6.45) is 5.43. The molecule has 1 heterocycles. The van der Waals surface area contributed by atoms with Crippen molar-refractivity contribution in [1.82, 2.24) is 0 Å². The fourth-order valence-corrected chi connectivity index (χ4v) is 3.46. The van der Waals surface area contributed by atoms with E-state index < -0.39 is 0 Å². The topological polar surface area (TPSA) is 9.23 Å². The van der Waals surface area contributed by atoms with Gasteiger partial charge in [0.25, 0.3) is 0 Å². The summed E-state index contributed by atoms with van der Waals surface area (Å²) >= 11 is 0. The van der Waals surface area contributed by atoms with Crippen molar-refractivity contribution in [3.05, 3.63) is 48.0 Å². The highest BCUT2D eigenvalue weighted by molar-refractivity contribution is 5.22. The summed E-state index contributed by atoms with van der Waals surface area (Å²) in [4.78, 5) is 0. The Morgan fingerprint density at radius 2 is 1.94 bits per heavy atom. The van der Waals surface area contributed by atoms with Crippen LogP contribution in [0.15, 0.2) is 42.5 Å². The maximum Gasteiger partial charge on any atom is 0.0866 e. The second-order valence-electron chi connectivity index (χ2n) is 5.96. The first-order chi connectivity index (χ1) is 8.74. The molecule has 1 aromatic rings. The molecule has 0 bridgehead atoms. The third kappa shape index (κ3) is 2.24. The van der Waals surface area contributed by atoms with Crippen LogP contribution in [0, 0.1) is 11.8 Å². The molecule has 0 N–H and O–H groups in total. The third-order valence-electron chi connectivity index (χ3n) is 4.54. The van der Waals surface area contributed by atoms with Crippen LogP contribution < -0.4 is 0 Å². The molecule has 0 unspecified atom stereocenters. The Bertz CT molecular complexity index is 422. The minimum Gasteiger partial charge on any atom is -0.369 e. The summed E-state index contributed by atoms with van der Waals surface area (Å²) < 4.78 is 6.36. The van der Waals surface area contributed by atoms with Gasteiger partial charge in [-0.3, -0.25) is 0 Å². The summed E-state index contributed by atoms with van der Waals surface area (Å²) in [5.41, 5.74) is 2.71. The van der Waals surface area contributed by atoms with Gasteiger partial charge in [0.15, 0.2) is 0 Å². The molecule has 1 aliphatic carbocycles. The maximum absolute atomic E-state index is 6.36. The van der Waals surface area contributed by atoms with Crippen LogP contribution in [0.2, 0.25) is 0 Å². The van der Waals surface area contributed by atoms with E-state index in [0.29, 0.717) is 12.0 Å². The first kappa shape index (κ1) is 12.0. The Kier molecular flexibility index (Phi) is 3.25. The van der Waals surface area contributed by atoms with E-state index in [1.807, 2.05) is 0 Å². The molecule has 4 atom stereocenters. The molecule has 18 heavy (non-hydrogen) atoms. The summed E-state index contributed by atoms with van der Waals surface area (Å²) in [5, 5.41) is 0. The van der Waals surface area contributed by atoms with E-state index in [0.717, 1.165) is 12.3 Å². The van der Waals surface area contributed by atoms with E-state index in [9.17, 15) is 0 Å². The quantitative estimate of drug-likeness (QED) is 0.658. The molecule has 2 aliphatic rings. The largest absolute Gasteiger partial charge is 0.369 e. The van der Waals surface area contributed by atoms with Crippen LogP contribution in [0.4, 0.5) is 0 Å². The minimum absolute atomic E-state index is 0.227. The predicted molar refractivity (Wildman–Crippen MR) is 74.3 cm³/mol. The van der Waals surface area contributed by atoms with Crippen LogP contribution in [0.25, 0.3) is 0 Å². The first-order valence-corrected chi connectivity index (χ1v) is 7.12. The Balaban J connectivity index is 1.78. The van der Waals surface area contributed by atoms with Crippen LogP contribution in [0.5, 0.6) is 0 Å². The number of benzene rings is 1. The Labute approximate surface area is 110 Å². The lowest BCUT2D eigenvalue weighted by Crippen LogP contribution is -2.37. The minimum atomic E-state index is 0.227. The fourth-order valence-electron chi connectivity index (χ4n) is 3.46. The lowest BCUT2D eigenvalue weighted by Gasteiger charge is -2.43. The number of rotatable bonds is 1. The standard InChI is InChI=1S/C17H22O/c1-12-8-9-15-13(2)11-16(18-17(15)10-12)14-6-4-3-5-7-14/h3-7,12,15-17H,2,8-11H2,1H3/t12-,15+,16-,17-/m1/s1. The second-order valence-corrected chi connectivity index (χ2v) is 5.96. The molecule has 1 aromatic carbocycles. The molecule has 1 saturated heterocycles. The summed E-state index contributed by atoms with van der Waals surface area (Å²) in [6, 6.07) is 10.6. The molecule has 2 fully saturated rings. The molecule has 0 spiro atoms. The number of ether oxygens (including phenoxy) is 1. The lowest BCUT2D eigenvalue weighted by atomic mass is 9.74. The normalized spacial score (nSPS) is 36.2. The fraction of sp³-hybridized carbons (Fsp3) is 0.529. The molecule has 1 aliphatic heterocycles. The number of fused-ring (bicyclic) bond motifs is 1. The van der Waals surface area contributed by atoms with Crippen molar-refractivity contribution in [3.8, 4) is 0 Å². The van der Waals surface area contributed by atoms with Gasteiger partial charge in [-0.2, -0.15) is 0 Å². The van der Waals surface area contributed by atoms with Gasteiger partial charge in [0, 0.05) is 5.92 Å². The van der Waals surface area contributed by atoms with Gasteiger partial charge in [-0.25, -0.2) is 0 Å². The van der Waals surface area contributed by atoms with Crippen molar-refractivity contribution >= 4 is 0 Å². The van der Waals surface area contributed by atoms with Gasteiger partial charge in [-0.05, 0) is 37.2 Å². The van der Waals surface area contributed by atoms with E-state index in [1.165, 1.54) is 30.4 Å². The van der Waals surface area contributed by atoms with Crippen LogP contribution in [0.1, 0.15) is 44.3 Å². The van der Waals surface area contributed by atoms with Gasteiger partial charge in [-0.15, -0.1) is 0 Å². The Morgan fingerprint density at radius 3 is 2.72 bits per heavy atom. The van der Waals surface area contributed by atoms with Crippen molar-refractivity contribution in [2.75, 3.05) is 0 Å². The van der Waals surface area contributed by atoms with Gasteiger partial charge < -0.3 is 4.74 Å². The zero-order valence-corrected chi connectivity index (χ0v) is 11.1. The van der Waals surface area contributed by atoms with E-state index in [-0.39, 0.29) is 6.10 Å². The maximum atomic E-state index is 6.36. The van der Waals surface area contributed by atoms with Gasteiger partial charge in [0.1, 0.15) is 0 Å². The zero-order chi connectivity index (χ0) is 12.5. The molecule has 0 amide bonds. The average molecular weight is 242 g/mol. The third-order valence-corrected chi connectivity index (χ3v) is 4.54. The zero-order valence-electron chi connectivity index (χ0n) is 11.1. The number of hydrogen-bond donors (Lipinski definition) is 0. The predicted octanol–water partition coefficient (Wildman–Crippen LogP) is 4.51. The molecule has 0 radical (unpaired) electrons. The van der Waals surface area contributed by atoms with Crippen molar-refractivity contribution in [1.29, 1.82) is 0 Å². The molecule has 1 heteroatoms. The van der Waals surface area contributed by atoms with Gasteiger partial charge in [0.2, 0.25) is 0 Å².